The zero-order valence-corrected chi connectivity index (χ0v) is 13.9. The second kappa shape index (κ2) is 8.74. The molecule has 2 aliphatic rings. The van der Waals surface area contributed by atoms with E-state index in [1.807, 2.05) is 0 Å². The molecule has 2 rings (SSSR count). The summed E-state index contributed by atoms with van der Waals surface area (Å²) in [6.07, 6.45) is 8.41. The summed E-state index contributed by atoms with van der Waals surface area (Å²) < 4.78 is 0. The van der Waals surface area contributed by atoms with E-state index in [0.717, 1.165) is 44.8 Å². The summed E-state index contributed by atoms with van der Waals surface area (Å²) in [5, 5.41) is 6.73. The number of piperidine rings is 1. The van der Waals surface area contributed by atoms with Gasteiger partial charge >= 0.3 is 0 Å². The van der Waals surface area contributed by atoms with Crippen LogP contribution in [0.1, 0.15) is 58.8 Å². The number of nitrogens with zero attached hydrogens (tertiary/aromatic N) is 1. The monoisotopic (exact) mass is 295 g/mol. The quantitative estimate of drug-likeness (QED) is 0.789. The first kappa shape index (κ1) is 16.8. The van der Waals surface area contributed by atoms with Crippen molar-refractivity contribution >= 4 is 5.91 Å². The molecular weight excluding hydrogens is 262 g/mol. The van der Waals surface area contributed by atoms with Gasteiger partial charge in [-0.05, 0) is 64.0 Å². The molecule has 4 nitrogen and oxygen atoms in total. The molecule has 1 saturated heterocycles. The van der Waals surface area contributed by atoms with Crippen molar-refractivity contribution in [2.75, 3.05) is 26.2 Å². The van der Waals surface area contributed by atoms with Crippen LogP contribution in [0.15, 0.2) is 0 Å². The molecule has 0 radical (unpaired) electrons. The molecule has 1 saturated carbocycles. The van der Waals surface area contributed by atoms with Gasteiger partial charge < -0.3 is 10.6 Å². The molecule has 2 N–H and O–H groups in total. The Morgan fingerprint density at radius 3 is 2.62 bits per heavy atom. The number of hydrogen-bond acceptors (Lipinski definition) is 3. The van der Waals surface area contributed by atoms with Gasteiger partial charge in [-0.2, -0.15) is 0 Å². The lowest BCUT2D eigenvalue weighted by Crippen LogP contribution is -2.51. The van der Waals surface area contributed by atoms with Gasteiger partial charge in [0.05, 0.1) is 6.54 Å². The zero-order chi connectivity index (χ0) is 15.1. The molecule has 0 aromatic heterocycles. The summed E-state index contributed by atoms with van der Waals surface area (Å²) in [5.74, 6) is 1.07. The first-order chi connectivity index (χ1) is 10.2. The Bertz CT molecular complexity index is 307. The second-order valence-corrected chi connectivity index (χ2v) is 6.99. The highest BCUT2D eigenvalue weighted by molar-refractivity contribution is 5.78. The minimum Gasteiger partial charge on any atom is -0.352 e. The lowest BCUT2D eigenvalue weighted by atomic mass is 9.87. The molecule has 122 valence electrons. The number of carbonyl (C=O) groups excluding carboxylic acids is 1. The number of amides is 1. The predicted molar refractivity (Wildman–Crippen MR) is 87.3 cm³/mol. The Morgan fingerprint density at radius 1 is 1.24 bits per heavy atom. The topological polar surface area (TPSA) is 44.4 Å². The summed E-state index contributed by atoms with van der Waals surface area (Å²) in [4.78, 5) is 14.7. The summed E-state index contributed by atoms with van der Waals surface area (Å²) in [7, 11) is 0. The van der Waals surface area contributed by atoms with E-state index in [4.69, 9.17) is 0 Å². The Kier molecular flexibility index (Phi) is 6.97. The first-order valence-electron chi connectivity index (χ1n) is 8.93. The zero-order valence-electron chi connectivity index (χ0n) is 13.9. The van der Waals surface area contributed by atoms with E-state index < -0.39 is 0 Å². The van der Waals surface area contributed by atoms with E-state index in [9.17, 15) is 4.79 Å². The molecule has 1 aliphatic heterocycles. The number of hydrogen-bond donors (Lipinski definition) is 2. The van der Waals surface area contributed by atoms with Crippen molar-refractivity contribution in [1.29, 1.82) is 0 Å². The van der Waals surface area contributed by atoms with Crippen LogP contribution in [0.4, 0.5) is 0 Å². The summed E-state index contributed by atoms with van der Waals surface area (Å²) >= 11 is 0. The van der Waals surface area contributed by atoms with Gasteiger partial charge in [0.25, 0.3) is 0 Å². The smallest absolute Gasteiger partial charge is 0.234 e. The molecular formula is C17H33N3O. The van der Waals surface area contributed by atoms with Crippen molar-refractivity contribution in [3.05, 3.63) is 0 Å². The highest BCUT2D eigenvalue weighted by Gasteiger charge is 2.24. The highest BCUT2D eigenvalue weighted by atomic mass is 16.2. The van der Waals surface area contributed by atoms with Crippen molar-refractivity contribution < 1.29 is 4.79 Å². The van der Waals surface area contributed by atoms with E-state index in [-0.39, 0.29) is 5.91 Å². The molecule has 1 aliphatic carbocycles. The van der Waals surface area contributed by atoms with E-state index in [2.05, 4.69) is 29.4 Å². The van der Waals surface area contributed by atoms with Crippen LogP contribution in [0.2, 0.25) is 0 Å². The van der Waals surface area contributed by atoms with Crippen molar-refractivity contribution in [2.24, 2.45) is 5.92 Å². The van der Waals surface area contributed by atoms with E-state index in [1.165, 1.54) is 25.7 Å². The van der Waals surface area contributed by atoms with Crippen molar-refractivity contribution in [2.45, 2.75) is 70.9 Å². The van der Waals surface area contributed by atoms with Crippen molar-refractivity contribution in [3.8, 4) is 0 Å². The molecule has 0 aromatic carbocycles. The average Bonchev–Trinajstić information content (AvgIpc) is 2.50. The van der Waals surface area contributed by atoms with Gasteiger partial charge in [0.1, 0.15) is 0 Å². The largest absolute Gasteiger partial charge is 0.352 e. The Hall–Kier alpha value is -0.610. The minimum absolute atomic E-state index is 0.230. The molecule has 1 atom stereocenters. The van der Waals surface area contributed by atoms with Gasteiger partial charge in [-0.15, -0.1) is 0 Å². The third kappa shape index (κ3) is 5.59. The maximum absolute atomic E-state index is 12.3. The number of rotatable bonds is 6. The normalized spacial score (nSPS) is 30.3. The fourth-order valence-corrected chi connectivity index (χ4v) is 3.69. The first-order valence-corrected chi connectivity index (χ1v) is 8.93. The maximum atomic E-state index is 12.3. The second-order valence-electron chi connectivity index (χ2n) is 6.99. The van der Waals surface area contributed by atoms with Gasteiger partial charge in [-0.25, -0.2) is 0 Å². The van der Waals surface area contributed by atoms with Crippen LogP contribution in [0.25, 0.3) is 0 Å². The van der Waals surface area contributed by atoms with Crippen LogP contribution in [0.3, 0.4) is 0 Å². The van der Waals surface area contributed by atoms with Crippen LogP contribution in [0, 0.1) is 5.92 Å². The summed E-state index contributed by atoms with van der Waals surface area (Å²) in [6, 6.07) is 0.956. The van der Waals surface area contributed by atoms with Gasteiger partial charge in [-0.3, -0.25) is 9.69 Å². The number of carbonyl (C=O) groups is 1. The molecule has 0 aromatic rings. The minimum atomic E-state index is 0.230. The number of nitrogens with one attached hydrogen (secondary N) is 2. The standard InChI is InChI=1S/C17H33N3O/c1-3-11-20(16-5-4-10-18-12-16)13-17(21)19-15-8-6-14(2)7-9-15/h14-16,18H,3-13H2,1-2H3,(H,19,21). The molecule has 2 fully saturated rings. The average molecular weight is 295 g/mol. The summed E-state index contributed by atoms with van der Waals surface area (Å²) in [6.45, 7) is 8.28. The molecule has 0 spiro atoms. The van der Waals surface area contributed by atoms with Crippen molar-refractivity contribution in [3.63, 3.8) is 0 Å². The molecule has 0 bridgehead atoms. The van der Waals surface area contributed by atoms with Gasteiger partial charge in [0, 0.05) is 18.6 Å². The molecule has 21 heavy (non-hydrogen) atoms. The highest BCUT2D eigenvalue weighted by Crippen LogP contribution is 2.23. The third-order valence-electron chi connectivity index (χ3n) is 5.03. The van der Waals surface area contributed by atoms with E-state index >= 15 is 0 Å². The van der Waals surface area contributed by atoms with Gasteiger partial charge in [0.2, 0.25) is 5.91 Å². The van der Waals surface area contributed by atoms with Crippen LogP contribution >= 0.6 is 0 Å². The van der Waals surface area contributed by atoms with Gasteiger partial charge in [0.15, 0.2) is 0 Å². The SMILES string of the molecule is CCCN(CC(=O)NC1CCC(C)CC1)C1CCCNC1. The molecule has 1 unspecified atom stereocenters. The Labute approximate surface area is 130 Å². The lowest BCUT2D eigenvalue weighted by Gasteiger charge is -2.35. The van der Waals surface area contributed by atoms with Crippen LogP contribution in [-0.2, 0) is 4.79 Å². The van der Waals surface area contributed by atoms with Crippen LogP contribution in [0.5, 0.6) is 0 Å². The van der Waals surface area contributed by atoms with Gasteiger partial charge in [-0.1, -0.05) is 13.8 Å². The fraction of sp³-hybridized carbons (Fsp3) is 0.941. The third-order valence-corrected chi connectivity index (χ3v) is 5.03. The Morgan fingerprint density at radius 2 is 2.00 bits per heavy atom. The maximum Gasteiger partial charge on any atom is 0.234 e. The van der Waals surface area contributed by atoms with E-state index in [1.54, 1.807) is 0 Å². The molecule has 1 heterocycles. The van der Waals surface area contributed by atoms with Crippen molar-refractivity contribution in [1.82, 2.24) is 15.5 Å². The summed E-state index contributed by atoms with van der Waals surface area (Å²) in [5.41, 5.74) is 0. The lowest BCUT2D eigenvalue weighted by molar-refractivity contribution is -0.123. The van der Waals surface area contributed by atoms with Crippen LogP contribution < -0.4 is 10.6 Å². The van der Waals surface area contributed by atoms with E-state index in [0.29, 0.717) is 18.6 Å². The molecule has 1 amide bonds. The van der Waals surface area contributed by atoms with Crippen LogP contribution in [-0.4, -0.2) is 49.1 Å². The predicted octanol–water partition coefficient (Wildman–Crippen LogP) is 2.15. The molecule has 4 heteroatoms. The fourth-order valence-electron chi connectivity index (χ4n) is 3.69. The Balaban J connectivity index is 1.77.